The van der Waals surface area contributed by atoms with Crippen LogP contribution in [-0.2, 0) is 0 Å². The van der Waals surface area contributed by atoms with Crippen molar-refractivity contribution in [1.82, 2.24) is 0 Å². The van der Waals surface area contributed by atoms with E-state index in [1.54, 1.807) is 0 Å². The largest absolute Gasteiger partial charge is 0.488 e. The Labute approximate surface area is 83.0 Å². The average molecular weight is 196 g/mol. The molecule has 5 heteroatoms. The van der Waals surface area contributed by atoms with Crippen LogP contribution in [0.5, 0.6) is 0 Å². The van der Waals surface area contributed by atoms with Gasteiger partial charge in [-0.2, -0.15) is 0 Å². The SMILES string of the molecule is CC.O=C(O)c1ccc(B(O)O)cc1. The molecule has 1 aromatic rings. The molecule has 4 nitrogen and oxygen atoms in total. The minimum absolute atomic E-state index is 0.124. The van der Waals surface area contributed by atoms with E-state index in [1.807, 2.05) is 13.8 Å². The Hall–Kier alpha value is -1.33. The van der Waals surface area contributed by atoms with Gasteiger partial charge in [0.25, 0.3) is 0 Å². The lowest BCUT2D eigenvalue weighted by atomic mass is 9.80. The second kappa shape index (κ2) is 6.18. The van der Waals surface area contributed by atoms with Crippen molar-refractivity contribution < 1.29 is 19.9 Å². The van der Waals surface area contributed by atoms with Gasteiger partial charge in [0.1, 0.15) is 0 Å². The van der Waals surface area contributed by atoms with Crippen LogP contribution >= 0.6 is 0 Å². The number of rotatable bonds is 2. The maximum atomic E-state index is 10.4. The van der Waals surface area contributed by atoms with Crippen LogP contribution in [0.4, 0.5) is 0 Å². The quantitative estimate of drug-likeness (QED) is 0.585. The standard InChI is InChI=1S/C7H7BO4.C2H6/c9-7(10)5-1-3-6(4-2-5)8(11)12;1-2/h1-4,11-12H,(H,9,10);1-2H3. The number of carboxylic acid groups (broad SMARTS) is 1. The summed E-state index contributed by atoms with van der Waals surface area (Å²) >= 11 is 0. The van der Waals surface area contributed by atoms with Crippen LogP contribution < -0.4 is 5.46 Å². The Kier molecular flexibility index (Phi) is 5.59. The third-order valence-corrected chi connectivity index (χ3v) is 1.46. The Morgan fingerprint density at radius 1 is 1.14 bits per heavy atom. The van der Waals surface area contributed by atoms with Gasteiger partial charge in [-0.25, -0.2) is 4.79 Å². The number of hydrogen-bond acceptors (Lipinski definition) is 3. The molecule has 0 radical (unpaired) electrons. The van der Waals surface area contributed by atoms with Crippen LogP contribution in [0.25, 0.3) is 0 Å². The van der Waals surface area contributed by atoms with Gasteiger partial charge in [-0.1, -0.05) is 26.0 Å². The van der Waals surface area contributed by atoms with Crippen molar-refractivity contribution in [3.8, 4) is 0 Å². The summed E-state index contributed by atoms with van der Waals surface area (Å²) < 4.78 is 0. The number of benzene rings is 1. The smallest absolute Gasteiger partial charge is 0.478 e. The average Bonchev–Trinajstić information content (AvgIpc) is 2.21. The van der Waals surface area contributed by atoms with Gasteiger partial charge in [-0.15, -0.1) is 0 Å². The Morgan fingerprint density at radius 3 is 1.86 bits per heavy atom. The molecule has 0 bridgehead atoms. The summed E-state index contributed by atoms with van der Waals surface area (Å²) in [4.78, 5) is 10.4. The highest BCUT2D eigenvalue weighted by Crippen LogP contribution is 1.96. The van der Waals surface area contributed by atoms with Gasteiger partial charge < -0.3 is 15.2 Å². The van der Waals surface area contributed by atoms with Gasteiger partial charge in [-0.05, 0) is 17.6 Å². The molecule has 0 unspecified atom stereocenters. The molecule has 0 fully saturated rings. The van der Waals surface area contributed by atoms with E-state index in [1.165, 1.54) is 24.3 Å². The summed E-state index contributed by atoms with van der Waals surface area (Å²) in [6.07, 6.45) is 0. The summed E-state index contributed by atoms with van der Waals surface area (Å²) in [7, 11) is -1.55. The van der Waals surface area contributed by atoms with Crippen molar-refractivity contribution in [3.63, 3.8) is 0 Å². The van der Waals surface area contributed by atoms with Crippen molar-refractivity contribution in [2.45, 2.75) is 13.8 Å². The number of aromatic carboxylic acids is 1. The van der Waals surface area contributed by atoms with Crippen LogP contribution in [0.2, 0.25) is 0 Å². The van der Waals surface area contributed by atoms with Crippen LogP contribution in [0.1, 0.15) is 24.2 Å². The monoisotopic (exact) mass is 196 g/mol. The van der Waals surface area contributed by atoms with E-state index in [2.05, 4.69) is 0 Å². The van der Waals surface area contributed by atoms with Gasteiger partial charge in [0, 0.05) is 0 Å². The molecule has 1 rings (SSSR count). The first-order chi connectivity index (χ1) is 6.61. The van der Waals surface area contributed by atoms with Crippen LogP contribution in [0.3, 0.4) is 0 Å². The zero-order valence-electron chi connectivity index (χ0n) is 8.14. The van der Waals surface area contributed by atoms with Gasteiger partial charge >= 0.3 is 13.1 Å². The molecule has 0 aromatic heterocycles. The summed E-state index contributed by atoms with van der Waals surface area (Å²) in [5.41, 5.74) is 0.402. The van der Waals surface area contributed by atoms with Crippen molar-refractivity contribution in [2.24, 2.45) is 0 Å². The van der Waals surface area contributed by atoms with Gasteiger partial charge in [0.15, 0.2) is 0 Å². The molecule has 0 heterocycles. The fraction of sp³-hybridized carbons (Fsp3) is 0.222. The van der Waals surface area contributed by atoms with E-state index in [-0.39, 0.29) is 11.0 Å². The van der Waals surface area contributed by atoms with E-state index in [0.29, 0.717) is 0 Å². The summed E-state index contributed by atoms with van der Waals surface area (Å²) in [5.74, 6) is -1.03. The Bertz CT molecular complexity index is 281. The predicted octanol–water partition coefficient (Wildman–Crippen LogP) is 0.0908. The molecule has 0 amide bonds. The Morgan fingerprint density at radius 2 is 1.57 bits per heavy atom. The molecule has 0 atom stereocenters. The second-order valence-corrected chi connectivity index (χ2v) is 2.30. The zero-order chi connectivity index (χ0) is 11.1. The summed E-state index contributed by atoms with van der Waals surface area (Å²) in [6, 6.07) is 5.34. The highest BCUT2D eigenvalue weighted by molar-refractivity contribution is 6.58. The van der Waals surface area contributed by atoms with Gasteiger partial charge in [0.05, 0.1) is 5.56 Å². The van der Waals surface area contributed by atoms with E-state index in [9.17, 15) is 4.79 Å². The molecular formula is C9H13BO4. The molecular weight excluding hydrogens is 183 g/mol. The zero-order valence-corrected chi connectivity index (χ0v) is 8.14. The maximum Gasteiger partial charge on any atom is 0.488 e. The van der Waals surface area contributed by atoms with Crippen molar-refractivity contribution >= 4 is 18.6 Å². The van der Waals surface area contributed by atoms with E-state index in [0.717, 1.165) is 0 Å². The lowest BCUT2D eigenvalue weighted by Crippen LogP contribution is -2.29. The minimum atomic E-state index is -1.55. The van der Waals surface area contributed by atoms with Crippen LogP contribution in [-0.4, -0.2) is 28.2 Å². The molecule has 0 aliphatic rings. The van der Waals surface area contributed by atoms with Gasteiger partial charge in [-0.3, -0.25) is 0 Å². The van der Waals surface area contributed by atoms with Gasteiger partial charge in [0.2, 0.25) is 0 Å². The first kappa shape index (κ1) is 12.7. The Balaban J connectivity index is 0.000000791. The molecule has 0 saturated carbocycles. The third-order valence-electron chi connectivity index (χ3n) is 1.46. The molecule has 0 aliphatic carbocycles. The van der Waals surface area contributed by atoms with Crippen LogP contribution in [0.15, 0.2) is 24.3 Å². The molecule has 1 aromatic carbocycles. The minimum Gasteiger partial charge on any atom is -0.478 e. The molecule has 0 spiro atoms. The number of carboxylic acids is 1. The highest BCUT2D eigenvalue weighted by atomic mass is 16.4. The van der Waals surface area contributed by atoms with Crippen LogP contribution in [0, 0.1) is 0 Å². The lowest BCUT2D eigenvalue weighted by Gasteiger charge is -1.98. The first-order valence-electron chi connectivity index (χ1n) is 4.30. The topological polar surface area (TPSA) is 77.8 Å². The highest BCUT2D eigenvalue weighted by Gasteiger charge is 2.10. The fourth-order valence-electron chi connectivity index (χ4n) is 0.798. The lowest BCUT2D eigenvalue weighted by molar-refractivity contribution is 0.0697. The molecule has 76 valence electrons. The van der Waals surface area contributed by atoms with E-state index >= 15 is 0 Å². The summed E-state index contributed by atoms with van der Waals surface area (Å²) in [5, 5.41) is 25.8. The van der Waals surface area contributed by atoms with Crippen molar-refractivity contribution in [2.75, 3.05) is 0 Å². The number of hydrogen-bond donors (Lipinski definition) is 3. The van der Waals surface area contributed by atoms with E-state index in [4.69, 9.17) is 15.2 Å². The fourth-order valence-corrected chi connectivity index (χ4v) is 0.798. The van der Waals surface area contributed by atoms with E-state index < -0.39 is 13.1 Å². The normalized spacial score (nSPS) is 8.57. The number of carbonyl (C=O) groups is 1. The predicted molar refractivity (Wildman–Crippen MR) is 54.6 cm³/mol. The van der Waals surface area contributed by atoms with Crippen molar-refractivity contribution in [1.29, 1.82) is 0 Å². The van der Waals surface area contributed by atoms with Crippen molar-refractivity contribution in [3.05, 3.63) is 29.8 Å². The summed E-state index contributed by atoms with van der Waals surface area (Å²) in [6.45, 7) is 4.00. The molecule has 14 heavy (non-hydrogen) atoms. The molecule has 3 N–H and O–H groups in total. The first-order valence-corrected chi connectivity index (χ1v) is 4.30. The molecule has 0 saturated heterocycles. The second-order valence-electron chi connectivity index (χ2n) is 2.30. The maximum absolute atomic E-state index is 10.4. The molecule has 0 aliphatic heterocycles. The third kappa shape index (κ3) is 3.59.